The largest absolute Gasteiger partial charge is 0.480 e. The number of nitrogens with zero attached hydrogens (tertiary/aromatic N) is 1. The van der Waals surface area contributed by atoms with E-state index in [2.05, 4.69) is 0 Å². The fraction of sp³-hybridized carbons (Fsp3) is 0.529. The van der Waals surface area contributed by atoms with Gasteiger partial charge in [-0.2, -0.15) is 0 Å². The van der Waals surface area contributed by atoms with Crippen molar-refractivity contribution in [2.24, 2.45) is 5.92 Å². The Morgan fingerprint density at radius 2 is 1.96 bits per heavy atom. The minimum absolute atomic E-state index is 0.0137. The molecule has 5 nitrogen and oxygen atoms in total. The van der Waals surface area contributed by atoms with Gasteiger partial charge in [-0.25, -0.2) is 0 Å². The van der Waals surface area contributed by atoms with E-state index in [1.165, 1.54) is 4.90 Å². The third-order valence-corrected chi connectivity index (χ3v) is 5.54. The van der Waals surface area contributed by atoms with Crippen molar-refractivity contribution in [3.63, 3.8) is 0 Å². The molecule has 1 aliphatic carbocycles. The third kappa shape index (κ3) is 3.68. The van der Waals surface area contributed by atoms with Gasteiger partial charge < -0.3 is 14.7 Å². The maximum absolute atomic E-state index is 12.9. The van der Waals surface area contributed by atoms with Crippen molar-refractivity contribution < 1.29 is 19.4 Å². The highest BCUT2D eigenvalue weighted by Gasteiger charge is 2.48. The molecule has 0 bridgehead atoms. The minimum Gasteiger partial charge on any atom is -0.480 e. The highest BCUT2D eigenvalue weighted by Crippen LogP contribution is 2.51. The van der Waals surface area contributed by atoms with Gasteiger partial charge >= 0.3 is 5.97 Å². The Morgan fingerprint density at radius 3 is 2.62 bits per heavy atom. The second kappa shape index (κ2) is 7.30. The molecule has 2 atom stereocenters. The lowest BCUT2D eigenvalue weighted by Gasteiger charge is -2.33. The van der Waals surface area contributed by atoms with Crippen LogP contribution in [0.5, 0.6) is 0 Å². The average molecular weight is 372 g/mol. The van der Waals surface area contributed by atoms with Gasteiger partial charge in [0.15, 0.2) is 0 Å². The fourth-order valence-corrected chi connectivity index (χ4v) is 3.81. The molecule has 0 spiro atoms. The van der Waals surface area contributed by atoms with Gasteiger partial charge in [-0.15, -0.1) is 0 Å². The summed E-state index contributed by atoms with van der Waals surface area (Å²) in [6.45, 7) is 0.848. The third-order valence-electron chi connectivity index (χ3n) is 4.71. The van der Waals surface area contributed by atoms with Gasteiger partial charge in [0.1, 0.15) is 6.54 Å². The van der Waals surface area contributed by atoms with Crippen molar-refractivity contribution in [3.05, 3.63) is 33.8 Å². The van der Waals surface area contributed by atoms with Crippen LogP contribution in [0, 0.1) is 5.92 Å². The molecule has 1 saturated carbocycles. The summed E-state index contributed by atoms with van der Waals surface area (Å²) in [6, 6.07) is 5.34. The summed E-state index contributed by atoms with van der Waals surface area (Å²) < 4.78 is 5.31. The van der Waals surface area contributed by atoms with Crippen LogP contribution in [-0.2, 0) is 14.3 Å². The Hall–Kier alpha value is -1.30. The van der Waals surface area contributed by atoms with Crippen molar-refractivity contribution in [1.29, 1.82) is 0 Å². The molecule has 1 aliphatic heterocycles. The van der Waals surface area contributed by atoms with Crippen LogP contribution in [0.1, 0.15) is 30.7 Å². The lowest BCUT2D eigenvalue weighted by Crippen LogP contribution is -2.46. The van der Waals surface area contributed by atoms with Crippen molar-refractivity contribution in [3.8, 4) is 0 Å². The number of aliphatic carboxylic acids is 1. The van der Waals surface area contributed by atoms with E-state index >= 15 is 0 Å². The second-order valence-corrected chi connectivity index (χ2v) is 7.08. The van der Waals surface area contributed by atoms with E-state index in [0.29, 0.717) is 42.5 Å². The molecule has 2 aliphatic rings. The number of hydrogen-bond acceptors (Lipinski definition) is 3. The molecule has 1 amide bonds. The maximum Gasteiger partial charge on any atom is 0.323 e. The molecule has 1 aromatic carbocycles. The first-order valence-electron chi connectivity index (χ1n) is 8.03. The minimum atomic E-state index is -0.993. The molecular weight excluding hydrogens is 353 g/mol. The number of benzene rings is 1. The van der Waals surface area contributed by atoms with Gasteiger partial charge in [0, 0.05) is 25.2 Å². The number of carboxylic acid groups (broad SMARTS) is 1. The summed E-state index contributed by atoms with van der Waals surface area (Å²) in [4.78, 5) is 25.6. The number of carboxylic acids is 1. The number of rotatable bonds is 5. The Balaban J connectivity index is 1.74. The van der Waals surface area contributed by atoms with Crippen molar-refractivity contribution >= 4 is 35.1 Å². The summed E-state index contributed by atoms with van der Waals surface area (Å²) in [5.74, 6) is -1.30. The van der Waals surface area contributed by atoms with E-state index in [1.54, 1.807) is 6.07 Å². The Labute approximate surface area is 150 Å². The van der Waals surface area contributed by atoms with Gasteiger partial charge in [-0.3, -0.25) is 9.59 Å². The summed E-state index contributed by atoms with van der Waals surface area (Å²) in [6.07, 6.45) is 2.03. The van der Waals surface area contributed by atoms with E-state index in [-0.39, 0.29) is 30.3 Å². The summed E-state index contributed by atoms with van der Waals surface area (Å²) in [5, 5.41) is 10.1. The number of carbonyl (C=O) groups is 2. The zero-order valence-corrected chi connectivity index (χ0v) is 14.6. The Morgan fingerprint density at radius 1 is 1.25 bits per heavy atom. The quantitative estimate of drug-likeness (QED) is 0.862. The van der Waals surface area contributed by atoms with Crippen LogP contribution in [0.3, 0.4) is 0 Å². The van der Waals surface area contributed by atoms with E-state index in [4.69, 9.17) is 33.0 Å². The number of carbonyl (C=O) groups excluding carboxylic acids is 1. The smallest absolute Gasteiger partial charge is 0.323 e. The summed E-state index contributed by atoms with van der Waals surface area (Å²) in [5.41, 5.74) is 0.866. The van der Waals surface area contributed by atoms with Crippen molar-refractivity contribution in [2.75, 3.05) is 19.8 Å². The molecule has 7 heteroatoms. The fourth-order valence-electron chi connectivity index (χ4n) is 3.36. The maximum atomic E-state index is 12.9. The average Bonchev–Trinajstić information content (AvgIpc) is 3.35. The monoisotopic (exact) mass is 371 g/mol. The highest BCUT2D eigenvalue weighted by atomic mass is 35.5. The first-order chi connectivity index (χ1) is 11.5. The molecule has 2 fully saturated rings. The number of ether oxygens (including phenoxy) is 1. The van der Waals surface area contributed by atoms with Gasteiger partial charge in [-0.05, 0) is 36.8 Å². The molecule has 1 heterocycles. The van der Waals surface area contributed by atoms with Crippen LogP contribution in [0.15, 0.2) is 18.2 Å². The lowest BCUT2D eigenvalue weighted by molar-refractivity contribution is -0.148. The predicted octanol–water partition coefficient (Wildman–Crippen LogP) is 3.19. The van der Waals surface area contributed by atoms with Gasteiger partial charge in [-0.1, -0.05) is 35.3 Å². The van der Waals surface area contributed by atoms with Gasteiger partial charge in [0.05, 0.1) is 10.0 Å². The normalized spacial score (nSPS) is 23.8. The SMILES string of the molecule is O=C(O)CN(C(=O)C1CC1c1cccc(Cl)c1Cl)C1CCOCC1. The topological polar surface area (TPSA) is 66.8 Å². The molecule has 130 valence electrons. The molecule has 3 rings (SSSR count). The van der Waals surface area contributed by atoms with Crippen LogP contribution in [0.2, 0.25) is 10.0 Å². The Bertz CT molecular complexity index is 645. The zero-order valence-electron chi connectivity index (χ0n) is 13.1. The Kier molecular flexibility index (Phi) is 5.33. The van der Waals surface area contributed by atoms with Crippen LogP contribution < -0.4 is 0 Å². The van der Waals surface area contributed by atoms with E-state index in [9.17, 15) is 9.59 Å². The number of hydrogen-bond donors (Lipinski definition) is 1. The molecule has 24 heavy (non-hydrogen) atoms. The van der Waals surface area contributed by atoms with Crippen LogP contribution in [-0.4, -0.2) is 47.7 Å². The molecular formula is C17H19Cl2NO4. The van der Waals surface area contributed by atoms with Crippen LogP contribution >= 0.6 is 23.2 Å². The first-order valence-corrected chi connectivity index (χ1v) is 8.78. The van der Waals surface area contributed by atoms with Crippen molar-refractivity contribution in [2.45, 2.75) is 31.2 Å². The van der Waals surface area contributed by atoms with E-state index in [1.807, 2.05) is 12.1 Å². The molecule has 1 saturated heterocycles. The van der Waals surface area contributed by atoms with Crippen molar-refractivity contribution in [1.82, 2.24) is 4.90 Å². The van der Waals surface area contributed by atoms with Gasteiger partial charge in [0.25, 0.3) is 0 Å². The molecule has 1 aromatic rings. The lowest BCUT2D eigenvalue weighted by atomic mass is 10.0. The van der Waals surface area contributed by atoms with E-state index in [0.717, 1.165) is 5.56 Å². The second-order valence-electron chi connectivity index (χ2n) is 6.30. The van der Waals surface area contributed by atoms with Gasteiger partial charge in [0.2, 0.25) is 5.91 Å². The standard InChI is InChI=1S/C17H19Cl2NO4/c18-14-3-1-2-11(16(14)19)12-8-13(12)17(23)20(9-15(21)22)10-4-6-24-7-5-10/h1-3,10,12-13H,4-9H2,(H,21,22). The molecule has 2 unspecified atom stereocenters. The van der Waals surface area contributed by atoms with Crippen LogP contribution in [0.25, 0.3) is 0 Å². The first kappa shape index (κ1) is 17.5. The number of halogens is 2. The molecule has 0 radical (unpaired) electrons. The van der Waals surface area contributed by atoms with Crippen LogP contribution in [0.4, 0.5) is 0 Å². The highest BCUT2D eigenvalue weighted by molar-refractivity contribution is 6.42. The number of amides is 1. The zero-order chi connectivity index (χ0) is 17.3. The molecule has 1 N–H and O–H groups in total. The summed E-state index contributed by atoms with van der Waals surface area (Å²) in [7, 11) is 0. The summed E-state index contributed by atoms with van der Waals surface area (Å²) >= 11 is 12.3. The molecule has 0 aromatic heterocycles. The predicted molar refractivity (Wildman–Crippen MR) is 90.5 cm³/mol. The van der Waals surface area contributed by atoms with E-state index < -0.39 is 5.97 Å².